The number of anilines is 1. The maximum absolute atomic E-state index is 12.0. The number of aryl methyl sites for hydroxylation is 1. The Kier molecular flexibility index (Phi) is 3.63. The van der Waals surface area contributed by atoms with Crippen LogP contribution in [0.3, 0.4) is 0 Å². The molecule has 1 fully saturated rings. The van der Waals surface area contributed by atoms with Gasteiger partial charge in [-0.3, -0.25) is 14.3 Å². The molecule has 114 valence electrons. The number of aromatic amines is 1. The molecule has 1 aliphatic heterocycles. The zero-order valence-electron chi connectivity index (χ0n) is 11.1. The SMILES string of the molecule is Cn1c[n+]([C@@H]2O[C@H](CI)C(O)[C@@H]2O)c2nc(N)[nH]c(=O)c21. The zero-order chi connectivity index (χ0) is 15.3. The molecular weight excluding hydrogens is 393 g/mol. The highest BCUT2D eigenvalue weighted by Gasteiger charge is 2.46. The predicted molar refractivity (Wildman–Crippen MR) is 80.8 cm³/mol. The fraction of sp³-hybridized carbons (Fsp3) is 0.545. The van der Waals surface area contributed by atoms with Crippen LogP contribution in [0.4, 0.5) is 5.95 Å². The summed E-state index contributed by atoms with van der Waals surface area (Å²) < 4.78 is 9.29. The van der Waals surface area contributed by atoms with Crippen molar-refractivity contribution >= 4 is 39.7 Å². The predicted octanol–water partition coefficient (Wildman–Crippen LogP) is -1.81. The molecule has 2 aromatic rings. The number of fused-ring (bicyclic) bond motifs is 1. The van der Waals surface area contributed by atoms with Crippen LogP contribution in [0.5, 0.6) is 0 Å². The molecule has 2 aromatic heterocycles. The number of alkyl halides is 1. The number of nitrogens with zero attached hydrogens (tertiary/aromatic N) is 3. The summed E-state index contributed by atoms with van der Waals surface area (Å²) in [4.78, 5) is 18.5. The van der Waals surface area contributed by atoms with Gasteiger partial charge in [0.05, 0.1) is 13.2 Å². The van der Waals surface area contributed by atoms with Crippen molar-refractivity contribution in [2.75, 3.05) is 10.2 Å². The third-order valence-electron chi connectivity index (χ3n) is 3.55. The molecule has 0 bridgehead atoms. The molecule has 5 N–H and O–H groups in total. The molecule has 0 spiro atoms. The Hall–Kier alpha value is -1.24. The lowest BCUT2D eigenvalue weighted by Gasteiger charge is -2.11. The summed E-state index contributed by atoms with van der Waals surface area (Å²) in [6.45, 7) is 0. The van der Waals surface area contributed by atoms with E-state index in [1.165, 1.54) is 4.57 Å². The lowest BCUT2D eigenvalue weighted by molar-refractivity contribution is -0.745. The molecule has 0 amide bonds. The quantitative estimate of drug-likeness (QED) is 0.263. The van der Waals surface area contributed by atoms with E-state index in [1.807, 2.05) is 0 Å². The van der Waals surface area contributed by atoms with Gasteiger partial charge in [0.25, 0.3) is 11.5 Å². The summed E-state index contributed by atoms with van der Waals surface area (Å²) in [5.41, 5.74) is 5.80. The maximum atomic E-state index is 12.0. The van der Waals surface area contributed by atoms with Crippen molar-refractivity contribution in [3.8, 4) is 0 Å². The zero-order valence-corrected chi connectivity index (χ0v) is 13.3. The number of hydrogen-bond acceptors (Lipinski definition) is 6. The first-order valence-electron chi connectivity index (χ1n) is 6.27. The minimum absolute atomic E-state index is 0.0223. The van der Waals surface area contributed by atoms with E-state index in [0.29, 0.717) is 15.6 Å². The summed E-state index contributed by atoms with van der Waals surface area (Å²) in [7, 11) is 1.68. The first-order valence-corrected chi connectivity index (χ1v) is 7.80. The van der Waals surface area contributed by atoms with Crippen LogP contribution < -0.4 is 15.9 Å². The van der Waals surface area contributed by atoms with Crippen molar-refractivity contribution < 1.29 is 19.5 Å². The molecule has 0 aromatic carbocycles. The highest BCUT2D eigenvalue weighted by molar-refractivity contribution is 14.1. The van der Waals surface area contributed by atoms with Gasteiger partial charge < -0.3 is 20.7 Å². The summed E-state index contributed by atoms with van der Waals surface area (Å²) in [6.07, 6.45) is -1.82. The molecule has 3 rings (SSSR count). The molecule has 1 unspecified atom stereocenters. The summed E-state index contributed by atoms with van der Waals surface area (Å²) in [5, 5.41) is 20.1. The Bertz CT molecular complexity index is 744. The molecular formula is C11H15IN5O4+. The standard InChI is InChI=1S/C11H14IN5O4/c1-16-3-17(8-5(16)9(20)15-11(13)14-8)10-7(19)6(18)4(2-12)21-10/h3-4,6-7,10,18-19H,2H2,1H3,(H2-,13,14,15,20)/p+1/t4-,6?,7+,10-/m1/s1. The number of nitrogen functional groups attached to an aromatic ring is 1. The number of nitrogens with one attached hydrogen (secondary N) is 1. The van der Waals surface area contributed by atoms with Gasteiger partial charge in [-0.1, -0.05) is 27.6 Å². The third-order valence-corrected chi connectivity index (χ3v) is 4.42. The Morgan fingerprint density at radius 3 is 2.90 bits per heavy atom. The number of aromatic nitrogens is 4. The summed E-state index contributed by atoms with van der Waals surface area (Å²) in [6, 6.07) is 0. The fourth-order valence-corrected chi connectivity index (χ4v) is 3.27. The second-order valence-electron chi connectivity index (χ2n) is 4.96. The second-order valence-corrected chi connectivity index (χ2v) is 5.84. The Morgan fingerprint density at radius 2 is 2.29 bits per heavy atom. The van der Waals surface area contributed by atoms with Crippen LogP contribution in [0, 0.1) is 0 Å². The van der Waals surface area contributed by atoms with Crippen LogP contribution in [0.15, 0.2) is 11.1 Å². The number of hydrogen-bond donors (Lipinski definition) is 4. The Balaban J connectivity index is 2.16. The number of aliphatic hydroxyl groups is 2. The maximum Gasteiger partial charge on any atom is 0.313 e. The van der Waals surface area contributed by atoms with Gasteiger partial charge >= 0.3 is 5.65 Å². The molecule has 1 saturated heterocycles. The topological polar surface area (TPSA) is 130 Å². The third kappa shape index (κ3) is 2.22. The average Bonchev–Trinajstić information content (AvgIpc) is 2.89. The number of aliphatic hydroxyl groups excluding tert-OH is 2. The second kappa shape index (κ2) is 5.19. The van der Waals surface area contributed by atoms with E-state index < -0.39 is 24.5 Å². The Morgan fingerprint density at radius 1 is 1.57 bits per heavy atom. The normalized spacial score (nSPS) is 29.3. The summed E-state index contributed by atoms with van der Waals surface area (Å²) in [5.74, 6) is -0.0223. The largest absolute Gasteiger partial charge is 0.387 e. The smallest absolute Gasteiger partial charge is 0.313 e. The number of halogens is 1. The molecule has 21 heavy (non-hydrogen) atoms. The molecule has 0 saturated carbocycles. The molecule has 4 atom stereocenters. The minimum atomic E-state index is -1.11. The van der Waals surface area contributed by atoms with Crippen molar-refractivity contribution in [1.29, 1.82) is 0 Å². The lowest BCUT2D eigenvalue weighted by atomic mass is 10.1. The van der Waals surface area contributed by atoms with Gasteiger partial charge in [-0.25, -0.2) is 4.57 Å². The number of imidazole rings is 1. The lowest BCUT2D eigenvalue weighted by Crippen LogP contribution is -2.46. The van der Waals surface area contributed by atoms with E-state index in [4.69, 9.17) is 10.5 Å². The monoisotopic (exact) mass is 408 g/mol. The van der Waals surface area contributed by atoms with Gasteiger partial charge in [0.15, 0.2) is 6.33 Å². The van der Waals surface area contributed by atoms with Gasteiger partial charge in [-0.2, -0.15) is 0 Å². The van der Waals surface area contributed by atoms with Crippen LogP contribution in [0.2, 0.25) is 0 Å². The van der Waals surface area contributed by atoms with Crippen LogP contribution in [0.25, 0.3) is 11.2 Å². The van der Waals surface area contributed by atoms with Crippen LogP contribution in [-0.2, 0) is 11.8 Å². The Labute approximate surface area is 132 Å². The van der Waals surface area contributed by atoms with E-state index in [9.17, 15) is 15.0 Å². The molecule has 1 aliphatic rings. The molecule has 0 radical (unpaired) electrons. The molecule has 10 heteroatoms. The first-order chi connectivity index (χ1) is 9.93. The van der Waals surface area contributed by atoms with Gasteiger partial charge in [-0.05, 0) is 0 Å². The van der Waals surface area contributed by atoms with Crippen molar-refractivity contribution in [2.45, 2.75) is 24.5 Å². The van der Waals surface area contributed by atoms with E-state index >= 15 is 0 Å². The fourth-order valence-electron chi connectivity index (χ4n) is 2.54. The summed E-state index contributed by atoms with van der Waals surface area (Å²) >= 11 is 2.08. The number of H-pyrrole nitrogens is 1. The molecule has 0 aliphatic carbocycles. The van der Waals surface area contributed by atoms with Crippen LogP contribution in [0.1, 0.15) is 6.23 Å². The van der Waals surface area contributed by atoms with Gasteiger partial charge in [-0.15, -0.1) is 0 Å². The number of rotatable bonds is 2. The van der Waals surface area contributed by atoms with Gasteiger partial charge in [0.2, 0.25) is 11.7 Å². The number of ether oxygens (including phenoxy) is 1. The van der Waals surface area contributed by atoms with Crippen molar-refractivity contribution in [2.24, 2.45) is 7.05 Å². The number of nitrogens with two attached hydrogens (primary N) is 1. The van der Waals surface area contributed by atoms with E-state index in [1.54, 1.807) is 17.9 Å². The average molecular weight is 408 g/mol. The molecule has 9 nitrogen and oxygen atoms in total. The van der Waals surface area contributed by atoms with E-state index in [2.05, 4.69) is 32.6 Å². The first kappa shape index (κ1) is 14.7. The minimum Gasteiger partial charge on any atom is -0.387 e. The van der Waals surface area contributed by atoms with E-state index in [0.717, 1.165) is 0 Å². The van der Waals surface area contributed by atoms with Gasteiger partial charge in [0, 0.05) is 4.43 Å². The van der Waals surface area contributed by atoms with Crippen LogP contribution in [-0.4, -0.2) is 47.5 Å². The van der Waals surface area contributed by atoms with Crippen LogP contribution >= 0.6 is 22.6 Å². The highest BCUT2D eigenvalue weighted by atomic mass is 127. The van der Waals surface area contributed by atoms with E-state index in [-0.39, 0.29) is 11.5 Å². The van der Waals surface area contributed by atoms with Crippen molar-refractivity contribution in [1.82, 2.24) is 14.5 Å². The van der Waals surface area contributed by atoms with Gasteiger partial charge in [0.1, 0.15) is 12.2 Å². The highest BCUT2D eigenvalue weighted by Crippen LogP contribution is 2.27. The van der Waals surface area contributed by atoms with Crippen molar-refractivity contribution in [3.05, 3.63) is 16.7 Å². The van der Waals surface area contributed by atoms with Crippen molar-refractivity contribution in [3.63, 3.8) is 0 Å². The molecule has 3 heterocycles.